The smallest absolute Gasteiger partial charge is 0.363 e. The van der Waals surface area contributed by atoms with Crippen molar-refractivity contribution in [2.75, 3.05) is 20.3 Å². The number of carbonyl (C=O) groups is 3. The quantitative estimate of drug-likeness (QED) is 0.264. The number of aliphatic hydroxyl groups excluding tert-OH is 1. The zero-order valence-corrected chi connectivity index (χ0v) is 19.9. The van der Waals surface area contributed by atoms with E-state index >= 15 is 0 Å². The molecule has 1 atom stereocenters. The molecule has 186 valence electrons. The molecule has 0 aliphatic carbocycles. The lowest BCUT2D eigenvalue weighted by Gasteiger charge is -2.36. The van der Waals surface area contributed by atoms with E-state index in [0.29, 0.717) is 17.2 Å². The minimum atomic E-state index is -1.05. The summed E-state index contributed by atoms with van der Waals surface area (Å²) in [7, 11) is 1.60. The van der Waals surface area contributed by atoms with Crippen LogP contribution in [0.5, 0.6) is 5.75 Å². The fourth-order valence-corrected chi connectivity index (χ4v) is 4.17. The molecule has 8 heteroatoms. The van der Waals surface area contributed by atoms with Crippen LogP contribution in [0, 0.1) is 0 Å². The van der Waals surface area contributed by atoms with E-state index in [0.717, 1.165) is 16.7 Å². The van der Waals surface area contributed by atoms with Crippen LogP contribution in [0.4, 0.5) is 0 Å². The molecular formula is C28H27NO7. The van der Waals surface area contributed by atoms with Gasteiger partial charge in [-0.2, -0.15) is 0 Å². The number of ether oxygens (including phenoxy) is 2. The Hall–Kier alpha value is -4.01. The number of rotatable bonds is 10. The van der Waals surface area contributed by atoms with E-state index in [1.807, 2.05) is 54.6 Å². The van der Waals surface area contributed by atoms with E-state index in [4.69, 9.17) is 14.3 Å². The lowest BCUT2D eigenvalue weighted by atomic mass is 9.79. The number of hydroxylamine groups is 2. The SMILES string of the molecule is COc1ccc(C(OCCCO)(c2ccccc2)c2ccc(C(=O)ON3C(=O)CCC3=O)cc2)cc1. The number of hydrogen-bond donors (Lipinski definition) is 1. The molecule has 3 aromatic rings. The van der Waals surface area contributed by atoms with Crippen molar-refractivity contribution in [3.05, 3.63) is 101 Å². The van der Waals surface area contributed by atoms with Crippen molar-refractivity contribution in [3.8, 4) is 5.75 Å². The van der Waals surface area contributed by atoms with Gasteiger partial charge in [0.15, 0.2) is 0 Å². The van der Waals surface area contributed by atoms with E-state index < -0.39 is 23.4 Å². The van der Waals surface area contributed by atoms with Crippen molar-refractivity contribution in [1.29, 1.82) is 0 Å². The predicted octanol–water partition coefficient (Wildman–Crippen LogP) is 3.61. The first-order valence-corrected chi connectivity index (χ1v) is 11.6. The van der Waals surface area contributed by atoms with E-state index in [-0.39, 0.29) is 31.6 Å². The molecular weight excluding hydrogens is 462 g/mol. The minimum Gasteiger partial charge on any atom is -0.497 e. The third kappa shape index (κ3) is 5.00. The molecule has 1 aliphatic rings. The summed E-state index contributed by atoms with van der Waals surface area (Å²) in [5.41, 5.74) is 1.55. The Kier molecular flexibility index (Phi) is 7.77. The Morgan fingerprint density at radius 3 is 1.97 bits per heavy atom. The molecule has 1 unspecified atom stereocenters. The van der Waals surface area contributed by atoms with Crippen molar-refractivity contribution >= 4 is 17.8 Å². The first-order chi connectivity index (χ1) is 17.5. The fraction of sp³-hybridized carbons (Fsp3) is 0.250. The first kappa shape index (κ1) is 25.1. The van der Waals surface area contributed by atoms with Gasteiger partial charge in [-0.05, 0) is 47.4 Å². The summed E-state index contributed by atoms with van der Waals surface area (Å²) >= 11 is 0. The number of aliphatic hydroxyl groups is 1. The zero-order chi connectivity index (χ0) is 25.5. The number of nitrogens with zero attached hydrogens (tertiary/aromatic N) is 1. The molecule has 0 radical (unpaired) electrons. The molecule has 1 heterocycles. The first-order valence-electron chi connectivity index (χ1n) is 11.6. The van der Waals surface area contributed by atoms with Crippen LogP contribution in [0.1, 0.15) is 46.3 Å². The molecule has 0 spiro atoms. The summed E-state index contributed by atoms with van der Waals surface area (Å²) in [4.78, 5) is 41.3. The van der Waals surface area contributed by atoms with Gasteiger partial charge in [-0.3, -0.25) is 9.59 Å². The molecule has 0 bridgehead atoms. The maximum atomic E-state index is 12.6. The van der Waals surface area contributed by atoms with Gasteiger partial charge in [0.1, 0.15) is 11.4 Å². The molecule has 1 aliphatic heterocycles. The summed E-state index contributed by atoms with van der Waals surface area (Å²) < 4.78 is 11.8. The summed E-state index contributed by atoms with van der Waals surface area (Å²) in [5, 5.41) is 9.92. The van der Waals surface area contributed by atoms with Crippen molar-refractivity contribution in [2.45, 2.75) is 24.9 Å². The van der Waals surface area contributed by atoms with Gasteiger partial charge < -0.3 is 19.4 Å². The topological polar surface area (TPSA) is 102 Å². The molecule has 2 amide bonds. The molecule has 4 rings (SSSR count). The Morgan fingerprint density at radius 1 is 0.861 bits per heavy atom. The van der Waals surface area contributed by atoms with Gasteiger partial charge in [-0.15, -0.1) is 5.06 Å². The normalized spacial score (nSPS) is 15.0. The molecule has 1 saturated heterocycles. The average molecular weight is 490 g/mol. The van der Waals surface area contributed by atoms with Gasteiger partial charge in [-0.25, -0.2) is 4.79 Å². The highest BCUT2D eigenvalue weighted by molar-refractivity contribution is 6.02. The predicted molar refractivity (Wildman–Crippen MR) is 130 cm³/mol. The van der Waals surface area contributed by atoms with Gasteiger partial charge >= 0.3 is 5.97 Å². The van der Waals surface area contributed by atoms with Gasteiger partial charge in [0, 0.05) is 19.4 Å². The number of benzene rings is 3. The number of hydrogen-bond acceptors (Lipinski definition) is 7. The zero-order valence-electron chi connectivity index (χ0n) is 19.9. The Bertz CT molecular complexity index is 1190. The summed E-state index contributed by atoms with van der Waals surface area (Å²) in [6.45, 7) is 0.257. The summed E-state index contributed by atoms with van der Waals surface area (Å²) in [6, 6.07) is 23.8. The third-order valence-electron chi connectivity index (χ3n) is 6.00. The molecule has 1 fully saturated rings. The van der Waals surface area contributed by atoms with Crippen LogP contribution in [-0.4, -0.2) is 48.3 Å². The Labute approximate surface area is 209 Å². The van der Waals surface area contributed by atoms with E-state index in [9.17, 15) is 19.5 Å². The van der Waals surface area contributed by atoms with Crippen molar-refractivity contribution in [3.63, 3.8) is 0 Å². The van der Waals surface area contributed by atoms with Gasteiger partial charge in [-0.1, -0.05) is 54.6 Å². The maximum absolute atomic E-state index is 12.6. The molecule has 0 saturated carbocycles. The fourth-order valence-electron chi connectivity index (χ4n) is 4.17. The standard InChI is InChI=1S/C28H27NO7/c1-34-24-14-12-23(13-15-24)28(35-19-5-18-30,21-6-3-2-4-7-21)22-10-8-20(9-11-22)27(33)36-29-25(31)16-17-26(29)32/h2-4,6-15,30H,5,16-19H2,1H3. The van der Waals surface area contributed by atoms with Crippen LogP contribution >= 0.6 is 0 Å². The highest BCUT2D eigenvalue weighted by atomic mass is 16.7. The second-order valence-corrected chi connectivity index (χ2v) is 8.24. The van der Waals surface area contributed by atoms with Crippen molar-refractivity contribution < 1.29 is 33.8 Å². The number of carbonyl (C=O) groups excluding carboxylic acids is 3. The minimum absolute atomic E-state index is 0.0216. The summed E-state index contributed by atoms with van der Waals surface area (Å²) in [6.07, 6.45) is 0.489. The van der Waals surface area contributed by atoms with Gasteiger partial charge in [0.2, 0.25) is 0 Å². The molecule has 3 aromatic carbocycles. The monoisotopic (exact) mass is 489 g/mol. The van der Waals surface area contributed by atoms with E-state index in [1.165, 1.54) is 0 Å². The largest absolute Gasteiger partial charge is 0.497 e. The van der Waals surface area contributed by atoms with Crippen LogP contribution in [0.25, 0.3) is 0 Å². The lowest BCUT2D eigenvalue weighted by Crippen LogP contribution is -2.34. The number of imide groups is 1. The number of methoxy groups -OCH3 is 1. The highest BCUT2D eigenvalue weighted by Gasteiger charge is 2.38. The van der Waals surface area contributed by atoms with Crippen LogP contribution in [-0.2, 0) is 24.8 Å². The van der Waals surface area contributed by atoms with Gasteiger partial charge in [0.05, 0.1) is 19.3 Å². The second-order valence-electron chi connectivity index (χ2n) is 8.24. The van der Waals surface area contributed by atoms with E-state index in [1.54, 1.807) is 31.4 Å². The van der Waals surface area contributed by atoms with Crippen LogP contribution in [0.15, 0.2) is 78.9 Å². The van der Waals surface area contributed by atoms with Crippen molar-refractivity contribution in [1.82, 2.24) is 5.06 Å². The maximum Gasteiger partial charge on any atom is 0.363 e. The molecule has 1 N–H and O–H groups in total. The van der Waals surface area contributed by atoms with Crippen molar-refractivity contribution in [2.24, 2.45) is 0 Å². The Morgan fingerprint density at radius 2 is 1.42 bits per heavy atom. The third-order valence-corrected chi connectivity index (χ3v) is 6.00. The second kappa shape index (κ2) is 11.2. The van der Waals surface area contributed by atoms with Crippen LogP contribution in [0.3, 0.4) is 0 Å². The number of amides is 2. The lowest BCUT2D eigenvalue weighted by molar-refractivity contribution is -0.172. The summed E-state index contributed by atoms with van der Waals surface area (Å²) in [5.74, 6) is -1.18. The molecule has 36 heavy (non-hydrogen) atoms. The van der Waals surface area contributed by atoms with Crippen LogP contribution in [0.2, 0.25) is 0 Å². The van der Waals surface area contributed by atoms with Gasteiger partial charge in [0.25, 0.3) is 11.8 Å². The van der Waals surface area contributed by atoms with Crippen LogP contribution < -0.4 is 4.74 Å². The average Bonchev–Trinajstić information content (AvgIpc) is 3.24. The Balaban J connectivity index is 1.74. The molecule has 0 aromatic heterocycles. The molecule has 8 nitrogen and oxygen atoms in total. The van der Waals surface area contributed by atoms with E-state index in [2.05, 4.69) is 0 Å². The highest BCUT2D eigenvalue weighted by Crippen LogP contribution is 2.41.